The van der Waals surface area contributed by atoms with Gasteiger partial charge in [-0.05, 0) is 50.5 Å². The Balaban J connectivity index is 2.27. The molecular weight excluding hydrogens is 521 g/mol. The SMILES string of the molecule is CC[C@H](C(=O)N[C@@H](C)CC)N(Cc1c(Cl)cccc1Cl)C(=O)CCCN(c1ccccc1)S(C)(=O)=O. The molecule has 1 N–H and O–H groups in total. The van der Waals surface area contributed by atoms with Crippen LogP contribution in [0.3, 0.4) is 0 Å². The molecule has 0 radical (unpaired) electrons. The fourth-order valence-corrected chi connectivity index (χ4v) is 5.29. The third-order valence-corrected chi connectivity index (χ3v) is 7.88. The summed E-state index contributed by atoms with van der Waals surface area (Å²) in [6.45, 7) is 5.92. The third kappa shape index (κ3) is 8.39. The number of halogens is 2. The van der Waals surface area contributed by atoms with Gasteiger partial charge < -0.3 is 10.2 Å². The largest absolute Gasteiger partial charge is 0.352 e. The number of nitrogens with zero attached hydrogens (tertiary/aromatic N) is 2. The number of rotatable bonds is 13. The van der Waals surface area contributed by atoms with Crippen LogP contribution in [-0.2, 0) is 26.2 Å². The predicted octanol–water partition coefficient (Wildman–Crippen LogP) is 5.26. The number of anilines is 1. The van der Waals surface area contributed by atoms with Crippen LogP contribution >= 0.6 is 23.2 Å². The van der Waals surface area contributed by atoms with Gasteiger partial charge in [0.15, 0.2) is 0 Å². The Morgan fingerprint density at radius 1 is 0.972 bits per heavy atom. The van der Waals surface area contributed by atoms with Crippen molar-refractivity contribution in [2.75, 3.05) is 17.1 Å². The first-order valence-corrected chi connectivity index (χ1v) is 14.6. The number of amides is 2. The Hall–Kier alpha value is -2.29. The lowest BCUT2D eigenvalue weighted by atomic mass is 10.1. The van der Waals surface area contributed by atoms with E-state index >= 15 is 0 Å². The van der Waals surface area contributed by atoms with Gasteiger partial charge in [-0.1, -0.05) is 61.3 Å². The van der Waals surface area contributed by atoms with Gasteiger partial charge in [0.25, 0.3) is 0 Å². The molecule has 2 amide bonds. The molecule has 0 fully saturated rings. The molecule has 198 valence electrons. The molecule has 0 aromatic heterocycles. The summed E-state index contributed by atoms with van der Waals surface area (Å²) in [5.74, 6) is -0.524. The second kappa shape index (κ2) is 13.9. The van der Waals surface area contributed by atoms with Gasteiger partial charge in [-0.15, -0.1) is 0 Å². The third-order valence-electron chi connectivity index (χ3n) is 5.97. The lowest BCUT2D eigenvalue weighted by molar-refractivity contribution is -0.141. The van der Waals surface area contributed by atoms with Crippen molar-refractivity contribution in [1.82, 2.24) is 10.2 Å². The highest BCUT2D eigenvalue weighted by molar-refractivity contribution is 7.92. The van der Waals surface area contributed by atoms with Crippen LogP contribution in [-0.4, -0.2) is 50.0 Å². The molecule has 0 heterocycles. The summed E-state index contributed by atoms with van der Waals surface area (Å²) >= 11 is 12.8. The Labute approximate surface area is 224 Å². The summed E-state index contributed by atoms with van der Waals surface area (Å²) in [6, 6.07) is 13.1. The maximum Gasteiger partial charge on any atom is 0.243 e. The van der Waals surface area contributed by atoms with E-state index < -0.39 is 16.1 Å². The quantitative estimate of drug-likeness (QED) is 0.365. The maximum absolute atomic E-state index is 13.5. The zero-order valence-electron chi connectivity index (χ0n) is 21.2. The monoisotopic (exact) mass is 555 g/mol. The number of carbonyl (C=O) groups excluding carboxylic acids is 2. The van der Waals surface area contributed by atoms with E-state index in [9.17, 15) is 18.0 Å². The number of carbonyl (C=O) groups is 2. The molecule has 0 unspecified atom stereocenters. The van der Waals surface area contributed by atoms with Gasteiger partial charge in [-0.25, -0.2) is 8.42 Å². The topological polar surface area (TPSA) is 86.8 Å². The van der Waals surface area contributed by atoms with Crippen LogP contribution in [0.4, 0.5) is 5.69 Å². The van der Waals surface area contributed by atoms with Crippen LogP contribution < -0.4 is 9.62 Å². The predicted molar refractivity (Wildman–Crippen MR) is 147 cm³/mol. The van der Waals surface area contributed by atoms with Crippen molar-refractivity contribution in [1.29, 1.82) is 0 Å². The first kappa shape index (κ1) is 29.9. The van der Waals surface area contributed by atoms with E-state index in [-0.39, 0.29) is 43.8 Å². The maximum atomic E-state index is 13.5. The minimum atomic E-state index is -3.54. The minimum absolute atomic E-state index is 0.0402. The number of para-hydroxylation sites is 1. The summed E-state index contributed by atoms with van der Waals surface area (Å²) in [6.07, 6.45) is 2.62. The van der Waals surface area contributed by atoms with E-state index in [2.05, 4.69) is 5.32 Å². The van der Waals surface area contributed by atoms with E-state index in [1.54, 1.807) is 48.5 Å². The molecule has 0 aliphatic carbocycles. The summed E-state index contributed by atoms with van der Waals surface area (Å²) in [4.78, 5) is 28.1. The highest BCUT2D eigenvalue weighted by atomic mass is 35.5. The minimum Gasteiger partial charge on any atom is -0.352 e. The summed E-state index contributed by atoms with van der Waals surface area (Å²) < 4.78 is 26.0. The number of nitrogens with one attached hydrogen (secondary N) is 1. The van der Waals surface area contributed by atoms with E-state index in [0.29, 0.717) is 27.7 Å². The molecule has 2 aromatic rings. The Morgan fingerprint density at radius 3 is 2.11 bits per heavy atom. The van der Waals surface area contributed by atoms with E-state index in [0.717, 1.165) is 12.7 Å². The Morgan fingerprint density at radius 2 is 1.58 bits per heavy atom. The zero-order chi connectivity index (χ0) is 26.9. The Kier molecular flexibility index (Phi) is 11.5. The fraction of sp³-hybridized carbons (Fsp3) is 0.462. The molecule has 2 atom stereocenters. The summed E-state index contributed by atoms with van der Waals surface area (Å²) in [7, 11) is -3.54. The second-order valence-corrected chi connectivity index (χ2v) is 11.5. The molecular formula is C26H35Cl2N3O4S. The molecule has 10 heteroatoms. The molecule has 0 aliphatic rings. The number of benzene rings is 2. The molecule has 2 aromatic carbocycles. The van der Waals surface area contributed by atoms with Gasteiger partial charge in [0.05, 0.1) is 11.9 Å². The molecule has 0 spiro atoms. The molecule has 0 aliphatic heterocycles. The molecule has 0 bridgehead atoms. The van der Waals surface area contributed by atoms with Crippen molar-refractivity contribution in [3.8, 4) is 0 Å². The first-order valence-electron chi connectivity index (χ1n) is 12.0. The van der Waals surface area contributed by atoms with E-state index in [1.165, 1.54) is 9.21 Å². The van der Waals surface area contributed by atoms with Crippen molar-refractivity contribution in [3.05, 3.63) is 64.1 Å². The van der Waals surface area contributed by atoms with Crippen molar-refractivity contribution in [2.45, 2.75) is 65.1 Å². The molecule has 2 rings (SSSR count). The number of hydrogen-bond donors (Lipinski definition) is 1. The average molecular weight is 557 g/mol. The lowest BCUT2D eigenvalue weighted by Gasteiger charge is -2.32. The van der Waals surface area contributed by atoms with Crippen molar-refractivity contribution in [3.63, 3.8) is 0 Å². The smallest absolute Gasteiger partial charge is 0.243 e. The second-order valence-electron chi connectivity index (χ2n) is 8.74. The average Bonchev–Trinajstić information content (AvgIpc) is 2.82. The molecule has 0 saturated carbocycles. The van der Waals surface area contributed by atoms with Crippen LogP contribution in [0.1, 0.15) is 52.0 Å². The Bertz CT molecular complexity index is 1110. The van der Waals surface area contributed by atoms with Crippen LogP contribution in [0.2, 0.25) is 10.0 Å². The fourth-order valence-electron chi connectivity index (χ4n) is 3.81. The van der Waals surface area contributed by atoms with Gasteiger partial charge in [-0.2, -0.15) is 0 Å². The normalized spacial score (nSPS) is 13.1. The van der Waals surface area contributed by atoms with E-state index in [4.69, 9.17) is 23.2 Å². The highest BCUT2D eigenvalue weighted by Crippen LogP contribution is 2.27. The summed E-state index contributed by atoms with van der Waals surface area (Å²) in [5.41, 5.74) is 1.09. The van der Waals surface area contributed by atoms with Gasteiger partial charge in [-0.3, -0.25) is 13.9 Å². The summed E-state index contributed by atoms with van der Waals surface area (Å²) in [5, 5.41) is 3.77. The molecule has 0 saturated heterocycles. The van der Waals surface area contributed by atoms with Crippen LogP contribution in [0.15, 0.2) is 48.5 Å². The molecule has 36 heavy (non-hydrogen) atoms. The van der Waals surface area contributed by atoms with Gasteiger partial charge >= 0.3 is 0 Å². The standard InChI is InChI=1S/C26H35Cl2N3O4S/c1-5-19(3)29-26(33)24(6-2)30(18-21-22(27)14-10-15-23(21)28)25(32)16-11-17-31(36(4,34)35)20-12-8-7-9-13-20/h7-10,12-15,19,24H,5-6,11,16-18H2,1-4H3,(H,29,33)/t19-,24+/m0/s1. The zero-order valence-corrected chi connectivity index (χ0v) is 23.5. The number of sulfonamides is 1. The van der Waals surface area contributed by atoms with Crippen molar-refractivity contribution >= 4 is 50.7 Å². The highest BCUT2D eigenvalue weighted by Gasteiger charge is 2.30. The van der Waals surface area contributed by atoms with Crippen LogP contribution in [0.25, 0.3) is 0 Å². The first-order chi connectivity index (χ1) is 17.0. The number of hydrogen-bond acceptors (Lipinski definition) is 4. The van der Waals surface area contributed by atoms with Crippen LogP contribution in [0.5, 0.6) is 0 Å². The van der Waals surface area contributed by atoms with Gasteiger partial charge in [0.2, 0.25) is 21.8 Å². The van der Waals surface area contributed by atoms with Crippen molar-refractivity contribution in [2.24, 2.45) is 0 Å². The van der Waals surface area contributed by atoms with E-state index in [1.807, 2.05) is 20.8 Å². The van der Waals surface area contributed by atoms with Gasteiger partial charge in [0, 0.05) is 41.2 Å². The molecule has 7 nitrogen and oxygen atoms in total. The lowest BCUT2D eigenvalue weighted by Crippen LogP contribution is -2.50. The van der Waals surface area contributed by atoms with Crippen molar-refractivity contribution < 1.29 is 18.0 Å². The van der Waals surface area contributed by atoms with Gasteiger partial charge in [0.1, 0.15) is 6.04 Å². The van der Waals surface area contributed by atoms with Crippen LogP contribution in [0, 0.1) is 0 Å².